The van der Waals surface area contributed by atoms with Gasteiger partial charge in [0.1, 0.15) is 0 Å². The zero-order chi connectivity index (χ0) is 14.3. The Morgan fingerprint density at radius 1 is 1.26 bits per heavy atom. The van der Waals surface area contributed by atoms with Crippen molar-refractivity contribution in [3.05, 3.63) is 35.4 Å². The van der Waals surface area contributed by atoms with E-state index >= 15 is 0 Å². The maximum Gasteiger partial charge on any atom is 0.0766 e. The van der Waals surface area contributed by atoms with Crippen LogP contribution in [0.25, 0.3) is 0 Å². The molecule has 0 bridgehead atoms. The molecular weight excluding hydrogens is 238 g/mol. The van der Waals surface area contributed by atoms with E-state index in [-0.39, 0.29) is 5.92 Å². The van der Waals surface area contributed by atoms with Gasteiger partial charge in [-0.2, -0.15) is 0 Å². The molecule has 3 nitrogen and oxygen atoms in total. The Morgan fingerprint density at radius 3 is 2.47 bits per heavy atom. The van der Waals surface area contributed by atoms with E-state index in [1.165, 1.54) is 11.1 Å². The van der Waals surface area contributed by atoms with Crippen molar-refractivity contribution in [1.82, 2.24) is 5.32 Å². The Bertz CT molecular complexity index is 375. The largest absolute Gasteiger partial charge is 0.389 e. The van der Waals surface area contributed by atoms with Crippen LogP contribution in [0.15, 0.2) is 24.3 Å². The van der Waals surface area contributed by atoms with Crippen LogP contribution in [-0.2, 0) is 17.9 Å². The highest BCUT2D eigenvalue weighted by Crippen LogP contribution is 2.15. The second-order valence-electron chi connectivity index (χ2n) is 5.52. The van der Waals surface area contributed by atoms with Crippen LogP contribution in [0.4, 0.5) is 0 Å². The Morgan fingerprint density at radius 2 is 1.89 bits per heavy atom. The minimum atomic E-state index is -0.672. The number of benzene rings is 1. The van der Waals surface area contributed by atoms with Crippen molar-refractivity contribution in [3.63, 3.8) is 0 Å². The lowest BCUT2D eigenvalue weighted by Gasteiger charge is -2.28. The van der Waals surface area contributed by atoms with Crippen LogP contribution in [0.3, 0.4) is 0 Å². The second kappa shape index (κ2) is 7.63. The quantitative estimate of drug-likeness (QED) is 0.759. The lowest BCUT2D eigenvalue weighted by atomic mass is 9.92. The molecule has 0 aromatic heterocycles. The lowest BCUT2D eigenvalue weighted by Crippen LogP contribution is -2.42. The highest BCUT2D eigenvalue weighted by Gasteiger charge is 2.23. The second-order valence-corrected chi connectivity index (χ2v) is 5.52. The van der Waals surface area contributed by atoms with E-state index in [1.54, 1.807) is 0 Å². The van der Waals surface area contributed by atoms with Crippen LogP contribution in [0.5, 0.6) is 0 Å². The number of ether oxygens (including phenoxy) is 1. The zero-order valence-corrected chi connectivity index (χ0v) is 12.6. The molecule has 0 radical (unpaired) electrons. The van der Waals surface area contributed by atoms with Gasteiger partial charge in [0, 0.05) is 19.7 Å². The van der Waals surface area contributed by atoms with Gasteiger partial charge in [-0.25, -0.2) is 0 Å². The summed E-state index contributed by atoms with van der Waals surface area (Å²) in [6.45, 7) is 10.7. The predicted octanol–water partition coefficient (Wildman–Crippen LogP) is 2.72. The maximum absolute atomic E-state index is 10.2. The van der Waals surface area contributed by atoms with E-state index in [4.69, 9.17) is 4.74 Å². The first-order valence-corrected chi connectivity index (χ1v) is 7.05. The van der Waals surface area contributed by atoms with Crippen LogP contribution < -0.4 is 5.32 Å². The van der Waals surface area contributed by atoms with Gasteiger partial charge in [0.2, 0.25) is 0 Å². The summed E-state index contributed by atoms with van der Waals surface area (Å²) < 4.78 is 5.47. The third-order valence-electron chi connectivity index (χ3n) is 3.62. The SMILES string of the molecule is CCOCc1ccccc1CNCC(C)(O)C(C)C. The number of aliphatic hydroxyl groups is 1. The number of hydrogen-bond donors (Lipinski definition) is 2. The molecule has 19 heavy (non-hydrogen) atoms. The third kappa shape index (κ3) is 5.31. The zero-order valence-electron chi connectivity index (χ0n) is 12.6. The fourth-order valence-corrected chi connectivity index (χ4v) is 1.74. The Kier molecular flexibility index (Phi) is 6.49. The molecule has 1 aromatic rings. The number of nitrogens with one attached hydrogen (secondary N) is 1. The molecule has 0 saturated heterocycles. The standard InChI is InChI=1S/C16H27NO2/c1-5-19-11-15-9-7-6-8-14(15)10-17-12-16(4,18)13(2)3/h6-9,13,17-18H,5,10-12H2,1-4H3. The summed E-state index contributed by atoms with van der Waals surface area (Å²) in [6.07, 6.45) is 0. The van der Waals surface area contributed by atoms with Crippen molar-refractivity contribution < 1.29 is 9.84 Å². The Hall–Kier alpha value is -0.900. The van der Waals surface area contributed by atoms with Crippen molar-refractivity contribution >= 4 is 0 Å². The van der Waals surface area contributed by atoms with E-state index in [1.807, 2.05) is 39.8 Å². The van der Waals surface area contributed by atoms with Gasteiger partial charge in [-0.1, -0.05) is 38.1 Å². The highest BCUT2D eigenvalue weighted by molar-refractivity contribution is 5.26. The highest BCUT2D eigenvalue weighted by atomic mass is 16.5. The summed E-state index contributed by atoms with van der Waals surface area (Å²) in [5, 5.41) is 13.5. The normalized spacial score (nSPS) is 14.6. The molecule has 0 aliphatic rings. The number of rotatable bonds is 8. The molecule has 108 valence electrons. The molecule has 3 heteroatoms. The van der Waals surface area contributed by atoms with Crippen molar-refractivity contribution in [2.45, 2.75) is 46.4 Å². The first-order chi connectivity index (χ1) is 8.97. The molecule has 1 unspecified atom stereocenters. The predicted molar refractivity (Wildman–Crippen MR) is 78.9 cm³/mol. The summed E-state index contributed by atoms with van der Waals surface area (Å²) in [6, 6.07) is 8.26. The average Bonchev–Trinajstić information content (AvgIpc) is 2.37. The molecule has 0 heterocycles. The summed E-state index contributed by atoms with van der Waals surface area (Å²) in [5.74, 6) is 0.235. The average molecular weight is 265 g/mol. The van der Waals surface area contributed by atoms with E-state index < -0.39 is 5.60 Å². The number of hydrogen-bond acceptors (Lipinski definition) is 3. The molecule has 0 amide bonds. The molecule has 2 N–H and O–H groups in total. The first-order valence-electron chi connectivity index (χ1n) is 7.05. The minimum Gasteiger partial charge on any atom is -0.389 e. The van der Waals surface area contributed by atoms with Crippen molar-refractivity contribution in [2.24, 2.45) is 5.92 Å². The van der Waals surface area contributed by atoms with Crippen LogP contribution >= 0.6 is 0 Å². The molecule has 0 fully saturated rings. The van der Waals surface area contributed by atoms with E-state index in [0.717, 1.165) is 13.2 Å². The smallest absolute Gasteiger partial charge is 0.0766 e. The van der Waals surface area contributed by atoms with Gasteiger partial charge in [0.15, 0.2) is 0 Å². The van der Waals surface area contributed by atoms with E-state index in [9.17, 15) is 5.11 Å². The van der Waals surface area contributed by atoms with E-state index in [2.05, 4.69) is 17.4 Å². The van der Waals surface area contributed by atoms with Gasteiger partial charge >= 0.3 is 0 Å². The fraction of sp³-hybridized carbons (Fsp3) is 0.625. The molecule has 0 spiro atoms. The lowest BCUT2D eigenvalue weighted by molar-refractivity contribution is 0.0139. The van der Waals surface area contributed by atoms with Gasteiger partial charge in [-0.15, -0.1) is 0 Å². The molecule has 0 aliphatic heterocycles. The van der Waals surface area contributed by atoms with Gasteiger partial charge < -0.3 is 15.2 Å². The van der Waals surface area contributed by atoms with Crippen LogP contribution in [0.1, 0.15) is 38.8 Å². The minimum absolute atomic E-state index is 0.235. The monoisotopic (exact) mass is 265 g/mol. The van der Waals surface area contributed by atoms with Gasteiger partial charge in [0.25, 0.3) is 0 Å². The summed E-state index contributed by atoms with van der Waals surface area (Å²) in [5.41, 5.74) is 1.77. The fourth-order valence-electron chi connectivity index (χ4n) is 1.74. The molecule has 0 saturated carbocycles. The molecule has 1 aromatic carbocycles. The summed E-state index contributed by atoms with van der Waals surface area (Å²) in [4.78, 5) is 0. The maximum atomic E-state index is 10.2. The van der Waals surface area contributed by atoms with Gasteiger partial charge in [-0.05, 0) is 30.9 Å². The van der Waals surface area contributed by atoms with Crippen LogP contribution in [0, 0.1) is 5.92 Å². The van der Waals surface area contributed by atoms with Crippen LogP contribution in [-0.4, -0.2) is 23.9 Å². The van der Waals surface area contributed by atoms with E-state index in [0.29, 0.717) is 13.2 Å². The molecule has 1 atom stereocenters. The summed E-state index contributed by atoms with van der Waals surface area (Å²) in [7, 11) is 0. The molecule has 1 rings (SSSR count). The summed E-state index contributed by atoms with van der Waals surface area (Å²) >= 11 is 0. The van der Waals surface area contributed by atoms with Gasteiger partial charge in [0.05, 0.1) is 12.2 Å². The molecule has 0 aliphatic carbocycles. The Balaban J connectivity index is 2.53. The van der Waals surface area contributed by atoms with Gasteiger partial charge in [-0.3, -0.25) is 0 Å². The Labute approximate surface area is 117 Å². The first kappa shape index (κ1) is 16.2. The molecular formula is C16H27NO2. The topological polar surface area (TPSA) is 41.5 Å². The van der Waals surface area contributed by atoms with Crippen molar-refractivity contribution in [1.29, 1.82) is 0 Å². The van der Waals surface area contributed by atoms with Crippen LogP contribution in [0.2, 0.25) is 0 Å². The third-order valence-corrected chi connectivity index (χ3v) is 3.62. The van der Waals surface area contributed by atoms with Crippen molar-refractivity contribution in [2.75, 3.05) is 13.2 Å². The van der Waals surface area contributed by atoms with Crippen molar-refractivity contribution in [3.8, 4) is 0 Å².